The van der Waals surface area contributed by atoms with Crippen molar-refractivity contribution >= 4 is 51.9 Å². The van der Waals surface area contributed by atoms with Gasteiger partial charge in [-0.25, -0.2) is 0 Å². The van der Waals surface area contributed by atoms with E-state index in [4.69, 9.17) is 23.8 Å². The molecule has 1 fully saturated rings. The van der Waals surface area contributed by atoms with E-state index < -0.39 is 0 Å². The van der Waals surface area contributed by atoms with Gasteiger partial charge in [-0.15, -0.1) is 0 Å². The summed E-state index contributed by atoms with van der Waals surface area (Å²) < 4.78 is 0.509. The van der Waals surface area contributed by atoms with Crippen molar-refractivity contribution in [3.05, 3.63) is 51.4 Å². The van der Waals surface area contributed by atoms with Crippen LogP contribution in [0.4, 0.5) is 0 Å². The fraction of sp³-hybridized carbons (Fsp3) is 0.0769. The summed E-state index contributed by atoms with van der Waals surface area (Å²) in [5.41, 5.74) is 1.93. The van der Waals surface area contributed by atoms with Gasteiger partial charge >= 0.3 is 0 Å². The minimum atomic E-state index is -0.122. The molecule has 0 aromatic heterocycles. The molecule has 1 saturated heterocycles. The van der Waals surface area contributed by atoms with Gasteiger partial charge in [0, 0.05) is 5.02 Å². The smallest absolute Gasteiger partial charge is 0.263 e. The van der Waals surface area contributed by atoms with Crippen molar-refractivity contribution in [2.24, 2.45) is 0 Å². The van der Waals surface area contributed by atoms with Gasteiger partial charge in [-0.2, -0.15) is 0 Å². The van der Waals surface area contributed by atoms with Crippen molar-refractivity contribution in [2.45, 2.75) is 6.92 Å². The molecule has 1 aromatic carbocycles. The maximum atomic E-state index is 11.6. The monoisotopic (exact) mass is 295 g/mol. The number of hydrogen-bond acceptors (Lipinski definition) is 3. The number of allylic oxidation sites excluding steroid dienone is 2. The van der Waals surface area contributed by atoms with Gasteiger partial charge in [0.2, 0.25) is 0 Å². The van der Waals surface area contributed by atoms with Crippen LogP contribution in [0.5, 0.6) is 0 Å². The molecule has 5 heteroatoms. The Morgan fingerprint density at radius 3 is 2.61 bits per heavy atom. The summed E-state index contributed by atoms with van der Waals surface area (Å²) in [6.45, 7) is 1.89. The summed E-state index contributed by atoms with van der Waals surface area (Å²) >= 11 is 12.0. The Hall–Kier alpha value is -1.10. The first kappa shape index (κ1) is 13.3. The minimum absolute atomic E-state index is 0.122. The maximum Gasteiger partial charge on any atom is 0.263 e. The average molecular weight is 296 g/mol. The number of nitrogens with one attached hydrogen (secondary N) is 1. The molecule has 92 valence electrons. The molecule has 1 amide bonds. The molecule has 1 aromatic rings. The van der Waals surface area contributed by atoms with Gasteiger partial charge in [0.25, 0.3) is 5.91 Å². The van der Waals surface area contributed by atoms with Crippen LogP contribution in [0.3, 0.4) is 0 Å². The second-order valence-electron chi connectivity index (χ2n) is 3.74. The number of carbonyl (C=O) groups is 1. The second kappa shape index (κ2) is 5.69. The number of rotatable bonds is 2. The molecular weight excluding hydrogens is 286 g/mol. The molecule has 0 unspecified atom stereocenters. The van der Waals surface area contributed by atoms with Crippen molar-refractivity contribution in [1.29, 1.82) is 0 Å². The zero-order valence-electron chi connectivity index (χ0n) is 9.57. The third kappa shape index (κ3) is 3.22. The lowest BCUT2D eigenvalue weighted by atomic mass is 10.1. The summed E-state index contributed by atoms with van der Waals surface area (Å²) in [7, 11) is 0. The van der Waals surface area contributed by atoms with Crippen LogP contribution in [0.2, 0.25) is 5.02 Å². The van der Waals surface area contributed by atoms with Gasteiger partial charge < -0.3 is 5.32 Å². The number of thiocarbonyl (C=S) groups is 1. The SMILES string of the molecule is CC(/C=C/c1ccc(Cl)cc1)=C1SC(=S)NC1=O. The van der Waals surface area contributed by atoms with Crippen LogP contribution in [0, 0.1) is 0 Å². The van der Waals surface area contributed by atoms with Gasteiger partial charge in [-0.3, -0.25) is 4.79 Å². The van der Waals surface area contributed by atoms with Crippen LogP contribution in [0.1, 0.15) is 12.5 Å². The Kier molecular flexibility index (Phi) is 4.22. The van der Waals surface area contributed by atoms with Crippen LogP contribution in [0.25, 0.3) is 6.08 Å². The van der Waals surface area contributed by atoms with E-state index in [9.17, 15) is 4.79 Å². The Morgan fingerprint density at radius 1 is 1.39 bits per heavy atom. The van der Waals surface area contributed by atoms with Crippen LogP contribution in [-0.2, 0) is 4.79 Å². The van der Waals surface area contributed by atoms with Crippen molar-refractivity contribution in [3.63, 3.8) is 0 Å². The maximum absolute atomic E-state index is 11.6. The van der Waals surface area contributed by atoms with E-state index >= 15 is 0 Å². The molecular formula is C13H10ClNOS2. The number of amides is 1. The van der Waals surface area contributed by atoms with Gasteiger partial charge in [0.15, 0.2) is 0 Å². The molecule has 0 atom stereocenters. The largest absolute Gasteiger partial charge is 0.307 e. The van der Waals surface area contributed by atoms with Gasteiger partial charge in [-0.1, -0.05) is 59.9 Å². The van der Waals surface area contributed by atoms with E-state index in [1.165, 1.54) is 11.8 Å². The Morgan fingerprint density at radius 2 is 2.06 bits per heavy atom. The molecule has 1 aliphatic rings. The molecule has 18 heavy (non-hydrogen) atoms. The van der Waals surface area contributed by atoms with E-state index in [1.54, 1.807) is 0 Å². The van der Waals surface area contributed by atoms with Crippen LogP contribution >= 0.6 is 35.6 Å². The molecule has 0 spiro atoms. The summed E-state index contributed by atoms with van der Waals surface area (Å²) in [6.07, 6.45) is 3.84. The number of halogens is 1. The fourth-order valence-electron chi connectivity index (χ4n) is 1.44. The summed E-state index contributed by atoms with van der Waals surface area (Å²) in [5, 5.41) is 3.31. The number of thioether (sulfide) groups is 1. The Bertz CT molecular complexity index is 561. The zero-order chi connectivity index (χ0) is 13.1. The van der Waals surface area contributed by atoms with Crippen molar-refractivity contribution < 1.29 is 4.79 Å². The third-order valence-electron chi connectivity index (χ3n) is 2.37. The quantitative estimate of drug-likeness (QED) is 0.665. The van der Waals surface area contributed by atoms with Crippen molar-refractivity contribution in [3.8, 4) is 0 Å². The molecule has 0 saturated carbocycles. The normalized spacial score (nSPS) is 18.3. The molecule has 0 radical (unpaired) electrons. The Labute approximate surface area is 120 Å². The summed E-state index contributed by atoms with van der Waals surface area (Å²) in [4.78, 5) is 12.2. The third-order valence-corrected chi connectivity index (χ3v) is 3.97. The van der Waals surface area contributed by atoms with E-state index in [0.717, 1.165) is 11.1 Å². The van der Waals surface area contributed by atoms with Gasteiger partial charge in [0.05, 0.1) is 4.91 Å². The lowest BCUT2D eigenvalue weighted by Gasteiger charge is -1.97. The summed E-state index contributed by atoms with van der Waals surface area (Å²) in [6, 6.07) is 7.50. The lowest BCUT2D eigenvalue weighted by molar-refractivity contribution is -0.115. The van der Waals surface area contributed by atoms with Gasteiger partial charge in [-0.05, 0) is 30.2 Å². The Balaban J connectivity index is 2.18. The first-order valence-electron chi connectivity index (χ1n) is 5.24. The number of hydrogen-bond donors (Lipinski definition) is 1. The average Bonchev–Trinajstić information content (AvgIpc) is 2.67. The molecule has 1 heterocycles. The standard InChI is InChI=1S/C13H10ClNOS2/c1-8(11-12(16)15-13(17)18-11)2-3-9-4-6-10(14)7-5-9/h2-7H,1H3,(H,15,16,17)/b3-2+,11-8?. The van der Waals surface area contributed by atoms with Crippen LogP contribution in [-0.4, -0.2) is 10.2 Å². The van der Waals surface area contributed by atoms with Gasteiger partial charge in [0.1, 0.15) is 4.32 Å². The van der Waals surface area contributed by atoms with E-state index in [0.29, 0.717) is 14.2 Å². The predicted molar refractivity (Wildman–Crippen MR) is 81.5 cm³/mol. The van der Waals surface area contributed by atoms with E-state index in [-0.39, 0.29) is 5.91 Å². The molecule has 2 nitrogen and oxygen atoms in total. The topological polar surface area (TPSA) is 29.1 Å². The minimum Gasteiger partial charge on any atom is -0.307 e. The molecule has 1 aliphatic heterocycles. The highest BCUT2D eigenvalue weighted by molar-refractivity contribution is 8.26. The number of benzene rings is 1. The lowest BCUT2D eigenvalue weighted by Crippen LogP contribution is -2.18. The first-order valence-corrected chi connectivity index (χ1v) is 6.84. The highest BCUT2D eigenvalue weighted by Crippen LogP contribution is 2.27. The second-order valence-corrected chi connectivity index (χ2v) is 5.86. The molecule has 1 N–H and O–H groups in total. The number of carbonyl (C=O) groups excluding carboxylic acids is 1. The van der Waals surface area contributed by atoms with Crippen molar-refractivity contribution in [2.75, 3.05) is 0 Å². The highest BCUT2D eigenvalue weighted by atomic mass is 35.5. The zero-order valence-corrected chi connectivity index (χ0v) is 12.0. The molecule has 0 bridgehead atoms. The summed E-state index contributed by atoms with van der Waals surface area (Å²) in [5.74, 6) is -0.122. The highest BCUT2D eigenvalue weighted by Gasteiger charge is 2.23. The van der Waals surface area contributed by atoms with Crippen molar-refractivity contribution in [1.82, 2.24) is 5.32 Å². The first-order chi connectivity index (χ1) is 8.56. The fourth-order valence-corrected chi connectivity index (χ4v) is 2.61. The van der Waals surface area contributed by atoms with E-state index in [2.05, 4.69) is 5.32 Å². The van der Waals surface area contributed by atoms with Crippen LogP contribution < -0.4 is 5.32 Å². The van der Waals surface area contributed by atoms with Crippen LogP contribution in [0.15, 0.2) is 40.8 Å². The van der Waals surface area contributed by atoms with E-state index in [1.807, 2.05) is 43.3 Å². The predicted octanol–water partition coefficient (Wildman–Crippen LogP) is 3.78. The molecule has 2 rings (SSSR count). The molecule has 0 aliphatic carbocycles.